The van der Waals surface area contributed by atoms with Crippen LogP contribution in [0.5, 0.6) is 11.5 Å². The molecule has 0 bridgehead atoms. The summed E-state index contributed by atoms with van der Waals surface area (Å²) in [5.41, 5.74) is 1.22. The molecule has 3 rings (SSSR count). The van der Waals surface area contributed by atoms with Gasteiger partial charge in [0.15, 0.2) is 0 Å². The first-order valence-electron chi connectivity index (χ1n) is 8.64. The van der Waals surface area contributed by atoms with Crippen LogP contribution in [0, 0.1) is 11.3 Å². The van der Waals surface area contributed by atoms with E-state index in [2.05, 4.69) is 5.32 Å². The predicted octanol–water partition coefficient (Wildman–Crippen LogP) is 3.83. The SMILES string of the molecule is N#Cc1cccc(Oc2ccc(NC(=O)Cc3ccccc3Cl)cc2S(N)(=O)=O)c1. The van der Waals surface area contributed by atoms with Crippen molar-refractivity contribution in [2.24, 2.45) is 5.14 Å². The van der Waals surface area contributed by atoms with Crippen molar-refractivity contribution in [2.45, 2.75) is 11.3 Å². The molecule has 7 nitrogen and oxygen atoms in total. The molecule has 0 atom stereocenters. The number of nitrogens with one attached hydrogen (secondary N) is 1. The van der Waals surface area contributed by atoms with Crippen molar-refractivity contribution in [1.82, 2.24) is 0 Å². The van der Waals surface area contributed by atoms with Crippen molar-refractivity contribution >= 4 is 33.2 Å². The van der Waals surface area contributed by atoms with Gasteiger partial charge in [0.05, 0.1) is 18.1 Å². The molecule has 0 aliphatic heterocycles. The Morgan fingerprint density at radius 3 is 2.57 bits per heavy atom. The number of benzene rings is 3. The van der Waals surface area contributed by atoms with Crippen molar-refractivity contribution in [3.63, 3.8) is 0 Å². The van der Waals surface area contributed by atoms with Gasteiger partial charge < -0.3 is 10.1 Å². The number of hydrogen-bond donors (Lipinski definition) is 2. The highest BCUT2D eigenvalue weighted by Gasteiger charge is 2.18. The zero-order chi connectivity index (χ0) is 21.7. The number of nitriles is 1. The molecular weight excluding hydrogens is 426 g/mol. The average Bonchev–Trinajstić information content (AvgIpc) is 2.70. The minimum Gasteiger partial charge on any atom is -0.456 e. The molecule has 0 aliphatic rings. The third-order valence-electron chi connectivity index (χ3n) is 4.03. The highest BCUT2D eigenvalue weighted by atomic mass is 35.5. The first-order valence-corrected chi connectivity index (χ1v) is 10.6. The van der Waals surface area contributed by atoms with Gasteiger partial charge in [0, 0.05) is 10.7 Å². The van der Waals surface area contributed by atoms with Gasteiger partial charge in [-0.15, -0.1) is 0 Å². The van der Waals surface area contributed by atoms with Crippen molar-refractivity contribution < 1.29 is 17.9 Å². The summed E-state index contributed by atoms with van der Waals surface area (Å²) < 4.78 is 29.7. The Labute approximate surface area is 178 Å². The molecule has 9 heteroatoms. The highest BCUT2D eigenvalue weighted by molar-refractivity contribution is 7.89. The van der Waals surface area contributed by atoms with Crippen LogP contribution in [0.1, 0.15) is 11.1 Å². The number of sulfonamides is 1. The number of hydrogen-bond acceptors (Lipinski definition) is 5. The molecule has 3 N–H and O–H groups in total. The van der Waals surface area contributed by atoms with Crippen LogP contribution >= 0.6 is 11.6 Å². The van der Waals surface area contributed by atoms with Crippen LogP contribution in [0.2, 0.25) is 5.02 Å². The Morgan fingerprint density at radius 1 is 1.10 bits per heavy atom. The molecular formula is C21H16ClN3O4S. The second kappa shape index (κ2) is 8.97. The maximum atomic E-state index is 12.3. The number of halogens is 1. The molecule has 0 aliphatic carbocycles. The lowest BCUT2D eigenvalue weighted by Gasteiger charge is -2.13. The topological polar surface area (TPSA) is 122 Å². The Bertz CT molecular complexity index is 1250. The lowest BCUT2D eigenvalue weighted by Crippen LogP contribution is -2.17. The Kier molecular flexibility index (Phi) is 6.37. The van der Waals surface area contributed by atoms with Gasteiger partial charge in [0.1, 0.15) is 16.4 Å². The quantitative estimate of drug-likeness (QED) is 0.601. The third-order valence-corrected chi connectivity index (χ3v) is 5.33. The van der Waals surface area contributed by atoms with E-state index in [0.717, 1.165) is 0 Å². The van der Waals surface area contributed by atoms with Crippen molar-refractivity contribution in [1.29, 1.82) is 5.26 Å². The summed E-state index contributed by atoms with van der Waals surface area (Å²) in [5, 5.41) is 17.4. The van der Waals surface area contributed by atoms with Gasteiger partial charge in [-0.05, 0) is 48.0 Å². The van der Waals surface area contributed by atoms with Crippen LogP contribution in [-0.4, -0.2) is 14.3 Å². The van der Waals surface area contributed by atoms with Crippen LogP contribution < -0.4 is 15.2 Å². The standard InChI is InChI=1S/C21H16ClN3O4S/c22-18-7-2-1-5-15(18)11-21(26)25-16-8-9-19(20(12-16)30(24,27)28)29-17-6-3-4-14(10-17)13-23/h1-10,12H,11H2,(H,25,26)(H2,24,27,28). The minimum atomic E-state index is -4.16. The van der Waals surface area contributed by atoms with Gasteiger partial charge in [0.25, 0.3) is 0 Å². The first-order chi connectivity index (χ1) is 14.3. The monoisotopic (exact) mass is 441 g/mol. The maximum absolute atomic E-state index is 12.3. The lowest BCUT2D eigenvalue weighted by molar-refractivity contribution is -0.115. The maximum Gasteiger partial charge on any atom is 0.241 e. The summed E-state index contributed by atoms with van der Waals surface area (Å²) in [6.07, 6.45) is 0.0174. The molecule has 0 unspecified atom stereocenters. The number of rotatable bonds is 6. The number of carbonyl (C=O) groups excluding carboxylic acids is 1. The van der Waals surface area contributed by atoms with Crippen LogP contribution in [-0.2, 0) is 21.2 Å². The predicted molar refractivity (Wildman–Crippen MR) is 113 cm³/mol. The normalized spacial score (nSPS) is 10.8. The van der Waals surface area contributed by atoms with Crippen molar-refractivity contribution in [3.05, 3.63) is 82.9 Å². The molecule has 152 valence electrons. The fourth-order valence-electron chi connectivity index (χ4n) is 2.67. The average molecular weight is 442 g/mol. The van der Waals surface area contributed by atoms with E-state index in [1.807, 2.05) is 6.07 Å². The fourth-order valence-corrected chi connectivity index (χ4v) is 3.55. The Morgan fingerprint density at radius 2 is 1.87 bits per heavy atom. The van der Waals surface area contributed by atoms with E-state index in [-0.39, 0.29) is 34.4 Å². The second-order valence-corrected chi connectivity index (χ2v) is 8.20. The van der Waals surface area contributed by atoms with Crippen molar-refractivity contribution in [2.75, 3.05) is 5.32 Å². The minimum absolute atomic E-state index is 0.0174. The summed E-state index contributed by atoms with van der Waals surface area (Å²) in [4.78, 5) is 12.0. The molecule has 0 spiro atoms. The first kappa shape index (κ1) is 21.3. The third kappa shape index (κ3) is 5.36. The van der Waals surface area contributed by atoms with E-state index in [1.165, 1.54) is 24.3 Å². The number of amides is 1. The smallest absolute Gasteiger partial charge is 0.241 e. The zero-order valence-electron chi connectivity index (χ0n) is 15.5. The Balaban J connectivity index is 1.85. The van der Waals surface area contributed by atoms with E-state index >= 15 is 0 Å². The number of primary sulfonamides is 1. The molecule has 3 aromatic rings. The molecule has 0 saturated carbocycles. The molecule has 0 fully saturated rings. The van der Waals surface area contributed by atoms with E-state index in [0.29, 0.717) is 16.1 Å². The van der Waals surface area contributed by atoms with Gasteiger partial charge in [-0.25, -0.2) is 13.6 Å². The summed E-state index contributed by atoms with van der Waals surface area (Å²) in [7, 11) is -4.16. The second-order valence-electron chi connectivity index (χ2n) is 6.26. The summed E-state index contributed by atoms with van der Waals surface area (Å²) >= 11 is 6.06. The summed E-state index contributed by atoms with van der Waals surface area (Å²) in [6, 6.07) is 19.2. The molecule has 0 heterocycles. The van der Waals surface area contributed by atoms with Gasteiger partial charge in [-0.3, -0.25) is 4.79 Å². The van der Waals surface area contributed by atoms with Crippen LogP contribution in [0.25, 0.3) is 0 Å². The number of nitrogens with two attached hydrogens (primary N) is 1. The summed E-state index contributed by atoms with van der Waals surface area (Å²) in [5.74, 6) is -0.134. The number of nitrogens with zero attached hydrogens (tertiary/aromatic N) is 1. The highest BCUT2D eigenvalue weighted by Crippen LogP contribution is 2.31. The lowest BCUT2D eigenvalue weighted by atomic mass is 10.1. The zero-order valence-corrected chi connectivity index (χ0v) is 17.1. The van der Waals surface area contributed by atoms with Gasteiger partial charge >= 0.3 is 0 Å². The van der Waals surface area contributed by atoms with Gasteiger partial charge in [0.2, 0.25) is 15.9 Å². The number of anilines is 1. The van der Waals surface area contributed by atoms with Gasteiger partial charge in [-0.1, -0.05) is 35.9 Å². The molecule has 0 saturated heterocycles. The van der Waals surface area contributed by atoms with Crippen molar-refractivity contribution in [3.8, 4) is 17.6 Å². The van der Waals surface area contributed by atoms with E-state index in [9.17, 15) is 13.2 Å². The van der Waals surface area contributed by atoms with E-state index in [1.54, 1.807) is 42.5 Å². The largest absolute Gasteiger partial charge is 0.456 e. The summed E-state index contributed by atoms with van der Waals surface area (Å²) in [6.45, 7) is 0. The number of ether oxygens (including phenoxy) is 1. The Hall–Kier alpha value is -3.38. The van der Waals surface area contributed by atoms with E-state index < -0.39 is 10.0 Å². The fraction of sp³-hybridized carbons (Fsp3) is 0.0476. The number of carbonyl (C=O) groups is 1. The molecule has 1 amide bonds. The van der Waals surface area contributed by atoms with Crippen LogP contribution in [0.3, 0.4) is 0 Å². The molecule has 30 heavy (non-hydrogen) atoms. The molecule has 0 radical (unpaired) electrons. The van der Waals surface area contributed by atoms with Crippen LogP contribution in [0.15, 0.2) is 71.6 Å². The molecule has 3 aromatic carbocycles. The van der Waals surface area contributed by atoms with Gasteiger partial charge in [-0.2, -0.15) is 5.26 Å². The van der Waals surface area contributed by atoms with Crippen LogP contribution in [0.4, 0.5) is 5.69 Å². The van der Waals surface area contributed by atoms with E-state index in [4.69, 9.17) is 26.7 Å². The molecule has 0 aromatic heterocycles.